The van der Waals surface area contributed by atoms with E-state index in [2.05, 4.69) is 24.3 Å². The van der Waals surface area contributed by atoms with Gasteiger partial charge in [-0.25, -0.2) is 0 Å². The third kappa shape index (κ3) is 3.41. The Balaban J connectivity index is 1.67. The van der Waals surface area contributed by atoms with Crippen LogP contribution in [0.25, 0.3) is 5.76 Å². The molecule has 1 saturated heterocycles. The SMILES string of the molecule is C1=C(c2ccccc2COC2CCCCO2)OCCC1. The van der Waals surface area contributed by atoms with Gasteiger partial charge in [0.15, 0.2) is 6.29 Å². The lowest BCUT2D eigenvalue weighted by Crippen LogP contribution is -2.22. The largest absolute Gasteiger partial charge is 0.493 e. The maximum absolute atomic E-state index is 5.90. The van der Waals surface area contributed by atoms with Gasteiger partial charge in [-0.1, -0.05) is 24.3 Å². The molecule has 3 heteroatoms. The monoisotopic (exact) mass is 274 g/mol. The molecule has 0 N–H and O–H groups in total. The fourth-order valence-corrected chi connectivity index (χ4v) is 2.66. The summed E-state index contributed by atoms with van der Waals surface area (Å²) < 4.78 is 17.3. The molecule has 3 rings (SSSR count). The Labute approximate surface area is 120 Å². The Morgan fingerprint density at radius 1 is 1.10 bits per heavy atom. The maximum atomic E-state index is 5.90. The van der Waals surface area contributed by atoms with Gasteiger partial charge in [0.2, 0.25) is 0 Å². The maximum Gasteiger partial charge on any atom is 0.158 e. The van der Waals surface area contributed by atoms with E-state index in [9.17, 15) is 0 Å². The molecule has 20 heavy (non-hydrogen) atoms. The van der Waals surface area contributed by atoms with Crippen molar-refractivity contribution in [1.82, 2.24) is 0 Å². The minimum absolute atomic E-state index is 0.0435. The van der Waals surface area contributed by atoms with Crippen molar-refractivity contribution in [3.63, 3.8) is 0 Å². The molecule has 3 nitrogen and oxygen atoms in total. The first kappa shape index (κ1) is 13.7. The summed E-state index contributed by atoms with van der Waals surface area (Å²) in [6.45, 7) is 2.22. The Morgan fingerprint density at radius 3 is 2.85 bits per heavy atom. The standard InChI is InChI=1S/C17H22O3/c1-2-8-15(16-9-3-5-11-18-16)14(7-1)13-20-17-10-4-6-12-19-17/h1-2,7-9,17H,3-6,10-13H2. The van der Waals surface area contributed by atoms with Crippen LogP contribution in [0.2, 0.25) is 0 Å². The molecular weight excluding hydrogens is 252 g/mol. The molecule has 2 aliphatic rings. The molecule has 1 atom stereocenters. The van der Waals surface area contributed by atoms with Gasteiger partial charge in [-0.15, -0.1) is 0 Å². The Morgan fingerprint density at radius 2 is 2.05 bits per heavy atom. The van der Waals surface area contributed by atoms with E-state index in [1.165, 1.54) is 12.0 Å². The molecule has 0 spiro atoms. The molecule has 1 unspecified atom stereocenters. The van der Waals surface area contributed by atoms with E-state index in [1.54, 1.807) is 0 Å². The summed E-state index contributed by atoms with van der Waals surface area (Å²) in [5.41, 5.74) is 2.33. The van der Waals surface area contributed by atoms with Crippen LogP contribution < -0.4 is 0 Å². The number of ether oxygens (including phenoxy) is 3. The molecule has 0 aliphatic carbocycles. The normalized spacial score (nSPS) is 23.0. The summed E-state index contributed by atoms with van der Waals surface area (Å²) in [6, 6.07) is 8.32. The van der Waals surface area contributed by atoms with E-state index in [0.717, 1.165) is 50.2 Å². The molecule has 108 valence electrons. The van der Waals surface area contributed by atoms with Crippen LogP contribution in [0.1, 0.15) is 43.2 Å². The summed E-state index contributed by atoms with van der Waals surface area (Å²) in [4.78, 5) is 0. The molecular formula is C17H22O3. The second-order valence-corrected chi connectivity index (χ2v) is 5.32. The molecule has 0 amide bonds. The molecule has 1 aromatic carbocycles. The smallest absolute Gasteiger partial charge is 0.158 e. The van der Waals surface area contributed by atoms with Gasteiger partial charge < -0.3 is 14.2 Å². The zero-order chi connectivity index (χ0) is 13.6. The topological polar surface area (TPSA) is 27.7 Å². The van der Waals surface area contributed by atoms with Crippen molar-refractivity contribution in [3.8, 4) is 0 Å². The second kappa shape index (κ2) is 6.91. The van der Waals surface area contributed by atoms with E-state index in [0.29, 0.717) is 6.61 Å². The zero-order valence-electron chi connectivity index (χ0n) is 11.8. The van der Waals surface area contributed by atoms with E-state index >= 15 is 0 Å². The van der Waals surface area contributed by atoms with Crippen molar-refractivity contribution in [3.05, 3.63) is 41.5 Å². The summed E-state index contributed by atoms with van der Waals surface area (Å²) in [6.07, 6.45) is 7.69. The molecule has 1 fully saturated rings. The van der Waals surface area contributed by atoms with E-state index < -0.39 is 0 Å². The average Bonchev–Trinajstić information content (AvgIpc) is 2.55. The Bertz CT molecular complexity index is 461. The summed E-state index contributed by atoms with van der Waals surface area (Å²) in [7, 11) is 0. The van der Waals surface area contributed by atoms with Crippen LogP contribution in [0.5, 0.6) is 0 Å². The highest BCUT2D eigenvalue weighted by atomic mass is 16.7. The van der Waals surface area contributed by atoms with E-state index in [1.807, 2.05) is 6.07 Å². The van der Waals surface area contributed by atoms with Crippen LogP contribution in [0.3, 0.4) is 0 Å². The van der Waals surface area contributed by atoms with Crippen LogP contribution in [-0.4, -0.2) is 19.5 Å². The van der Waals surface area contributed by atoms with Crippen LogP contribution in [-0.2, 0) is 20.8 Å². The van der Waals surface area contributed by atoms with E-state index in [4.69, 9.17) is 14.2 Å². The third-order valence-electron chi connectivity index (χ3n) is 3.78. The lowest BCUT2D eigenvalue weighted by molar-refractivity contribution is -0.169. The number of rotatable bonds is 4. The van der Waals surface area contributed by atoms with Crippen LogP contribution in [0.15, 0.2) is 30.3 Å². The van der Waals surface area contributed by atoms with Gasteiger partial charge >= 0.3 is 0 Å². The molecule has 1 aromatic rings. The van der Waals surface area contributed by atoms with Gasteiger partial charge in [0.05, 0.1) is 13.2 Å². The lowest BCUT2D eigenvalue weighted by atomic mass is 10.0. The van der Waals surface area contributed by atoms with Gasteiger partial charge in [0.1, 0.15) is 5.76 Å². The van der Waals surface area contributed by atoms with Crippen molar-refractivity contribution in [2.45, 2.75) is 45.0 Å². The van der Waals surface area contributed by atoms with Gasteiger partial charge in [0, 0.05) is 12.2 Å². The second-order valence-electron chi connectivity index (χ2n) is 5.32. The number of allylic oxidation sites excluding steroid dienone is 1. The molecule has 2 aliphatic heterocycles. The van der Waals surface area contributed by atoms with Crippen LogP contribution >= 0.6 is 0 Å². The number of hydrogen-bond donors (Lipinski definition) is 0. The fraction of sp³-hybridized carbons (Fsp3) is 0.529. The molecule has 0 bridgehead atoms. The van der Waals surface area contributed by atoms with Crippen LogP contribution in [0, 0.1) is 0 Å². The van der Waals surface area contributed by atoms with Crippen molar-refractivity contribution >= 4 is 5.76 Å². The van der Waals surface area contributed by atoms with E-state index in [-0.39, 0.29) is 6.29 Å². The quantitative estimate of drug-likeness (QED) is 0.834. The first-order valence-corrected chi connectivity index (χ1v) is 7.58. The van der Waals surface area contributed by atoms with Crippen molar-refractivity contribution < 1.29 is 14.2 Å². The van der Waals surface area contributed by atoms with Crippen molar-refractivity contribution in [2.24, 2.45) is 0 Å². The summed E-state index contributed by atoms with van der Waals surface area (Å²) in [5, 5.41) is 0. The lowest BCUT2D eigenvalue weighted by Gasteiger charge is -2.24. The fourth-order valence-electron chi connectivity index (χ4n) is 2.66. The molecule has 2 heterocycles. The van der Waals surface area contributed by atoms with Crippen molar-refractivity contribution in [1.29, 1.82) is 0 Å². The first-order chi connectivity index (χ1) is 9.93. The third-order valence-corrected chi connectivity index (χ3v) is 3.78. The minimum atomic E-state index is -0.0435. The number of hydrogen-bond acceptors (Lipinski definition) is 3. The van der Waals surface area contributed by atoms with Crippen molar-refractivity contribution in [2.75, 3.05) is 13.2 Å². The van der Waals surface area contributed by atoms with Gasteiger partial charge in [-0.2, -0.15) is 0 Å². The van der Waals surface area contributed by atoms with Gasteiger partial charge in [-0.3, -0.25) is 0 Å². The predicted molar refractivity (Wildman–Crippen MR) is 78.0 cm³/mol. The minimum Gasteiger partial charge on any atom is -0.493 e. The zero-order valence-corrected chi connectivity index (χ0v) is 11.8. The Hall–Kier alpha value is -1.32. The van der Waals surface area contributed by atoms with Crippen LogP contribution in [0.4, 0.5) is 0 Å². The molecule has 0 radical (unpaired) electrons. The highest BCUT2D eigenvalue weighted by Crippen LogP contribution is 2.26. The number of benzene rings is 1. The first-order valence-electron chi connectivity index (χ1n) is 7.58. The Kier molecular flexibility index (Phi) is 4.72. The van der Waals surface area contributed by atoms with Gasteiger partial charge in [-0.05, 0) is 43.7 Å². The highest BCUT2D eigenvalue weighted by molar-refractivity contribution is 5.63. The molecule has 0 saturated carbocycles. The molecule has 0 aromatic heterocycles. The predicted octanol–water partition coefficient (Wildman–Crippen LogP) is 3.88. The summed E-state index contributed by atoms with van der Waals surface area (Å²) >= 11 is 0. The van der Waals surface area contributed by atoms with Gasteiger partial charge in [0.25, 0.3) is 0 Å². The summed E-state index contributed by atoms with van der Waals surface area (Å²) in [5.74, 6) is 1.00. The highest BCUT2D eigenvalue weighted by Gasteiger charge is 2.16. The average molecular weight is 274 g/mol.